The number of hydrogen-bond donors (Lipinski definition) is 0. The molecule has 0 fully saturated rings. The van der Waals surface area contributed by atoms with Gasteiger partial charge in [-0.05, 0) is 55.4 Å². The lowest BCUT2D eigenvalue weighted by Crippen LogP contribution is -2.49. The molecule has 0 amide bonds. The van der Waals surface area contributed by atoms with Crippen LogP contribution in [0.3, 0.4) is 0 Å². The van der Waals surface area contributed by atoms with Crippen molar-refractivity contribution in [1.29, 1.82) is 0 Å². The second-order valence-corrected chi connectivity index (χ2v) is 7.56. The van der Waals surface area contributed by atoms with Gasteiger partial charge >= 0.3 is 12.3 Å². The molecule has 0 unspecified atom stereocenters. The van der Waals surface area contributed by atoms with Gasteiger partial charge in [-0.15, -0.1) is 0 Å². The molecule has 0 aromatic rings. The number of methoxy groups -OCH3 is 4. The van der Waals surface area contributed by atoms with Crippen molar-refractivity contribution in [2.45, 2.75) is 77.8 Å². The third-order valence-electron chi connectivity index (χ3n) is 4.93. The molecule has 8 heteroatoms. The zero-order valence-electron chi connectivity index (χ0n) is 18.3. The fourth-order valence-corrected chi connectivity index (χ4v) is 1.24. The zero-order valence-corrected chi connectivity index (χ0v) is 18.3. The van der Waals surface area contributed by atoms with Gasteiger partial charge in [-0.1, -0.05) is 0 Å². The first-order valence-electron chi connectivity index (χ1n) is 8.17. The molecule has 156 valence electrons. The Bertz CT molecular complexity index is 410. The minimum absolute atomic E-state index is 0.554. The Morgan fingerprint density at radius 3 is 0.885 bits per heavy atom. The van der Waals surface area contributed by atoms with Crippen molar-refractivity contribution in [3.8, 4) is 0 Å². The van der Waals surface area contributed by atoms with Crippen molar-refractivity contribution < 1.29 is 38.0 Å². The van der Waals surface area contributed by atoms with Crippen LogP contribution in [0.5, 0.6) is 0 Å². The zero-order chi connectivity index (χ0) is 21.4. The van der Waals surface area contributed by atoms with E-state index in [0.717, 1.165) is 0 Å². The summed E-state index contributed by atoms with van der Waals surface area (Å²) in [5.74, 6) is 0. The van der Waals surface area contributed by atoms with E-state index >= 15 is 0 Å². The summed E-state index contributed by atoms with van der Waals surface area (Å²) < 4.78 is 29.4. The third-order valence-corrected chi connectivity index (χ3v) is 4.93. The highest BCUT2D eigenvalue weighted by molar-refractivity contribution is 5.60. The molecule has 0 atom stereocenters. The van der Waals surface area contributed by atoms with Gasteiger partial charge in [0.1, 0.15) is 22.4 Å². The van der Waals surface area contributed by atoms with Crippen molar-refractivity contribution in [1.82, 2.24) is 0 Å². The molecular weight excluding hydrogens is 344 g/mol. The Hall–Kier alpha value is -1.54. The lowest BCUT2D eigenvalue weighted by molar-refractivity contribution is -0.143. The largest absolute Gasteiger partial charge is 0.508 e. The van der Waals surface area contributed by atoms with Crippen LogP contribution < -0.4 is 0 Å². The highest BCUT2D eigenvalue weighted by Gasteiger charge is 2.42. The van der Waals surface area contributed by atoms with Gasteiger partial charge in [0.25, 0.3) is 0 Å². The fraction of sp³-hybridized carbons (Fsp3) is 0.889. The van der Waals surface area contributed by atoms with E-state index in [1.807, 2.05) is 27.7 Å². The summed E-state index contributed by atoms with van der Waals surface area (Å²) >= 11 is 0. The van der Waals surface area contributed by atoms with Crippen LogP contribution in [0.25, 0.3) is 0 Å². The first kappa shape index (κ1) is 26.7. The van der Waals surface area contributed by atoms with Crippen LogP contribution in [0.4, 0.5) is 9.59 Å². The van der Waals surface area contributed by atoms with E-state index in [1.54, 1.807) is 41.9 Å². The highest BCUT2D eigenvalue weighted by Crippen LogP contribution is 2.29. The number of carbonyl (C=O) groups is 2. The van der Waals surface area contributed by atoms with Crippen LogP contribution in [0.15, 0.2) is 0 Å². The quantitative estimate of drug-likeness (QED) is 0.640. The van der Waals surface area contributed by atoms with E-state index < -0.39 is 34.7 Å². The molecule has 0 aliphatic carbocycles. The average Bonchev–Trinajstić information content (AvgIpc) is 2.53. The van der Waals surface area contributed by atoms with Gasteiger partial charge in [-0.2, -0.15) is 0 Å². The predicted molar refractivity (Wildman–Crippen MR) is 97.3 cm³/mol. The number of hydrogen-bond acceptors (Lipinski definition) is 8. The molecule has 0 saturated carbocycles. The fourth-order valence-electron chi connectivity index (χ4n) is 1.24. The second-order valence-electron chi connectivity index (χ2n) is 7.56. The van der Waals surface area contributed by atoms with E-state index in [-0.39, 0.29) is 0 Å². The maximum Gasteiger partial charge on any atom is 0.508 e. The van der Waals surface area contributed by atoms with E-state index in [9.17, 15) is 9.59 Å². The molecule has 0 aliphatic heterocycles. The van der Waals surface area contributed by atoms with Crippen LogP contribution in [-0.4, -0.2) is 63.2 Å². The van der Waals surface area contributed by atoms with E-state index in [1.165, 1.54) is 14.2 Å². The third kappa shape index (κ3) is 7.78. The van der Waals surface area contributed by atoms with Crippen molar-refractivity contribution in [2.75, 3.05) is 28.4 Å². The molecule has 0 aromatic heterocycles. The average molecular weight is 380 g/mol. The standard InChI is InChI=1S/2C9H18O4/c2*1-8(2,12-6)9(3,4)13-7(10)11-5/h2*1-6H3. The first-order chi connectivity index (χ1) is 11.5. The normalized spacial score (nSPS) is 12.5. The van der Waals surface area contributed by atoms with Crippen molar-refractivity contribution in [2.24, 2.45) is 0 Å². The Balaban J connectivity index is 0. The topological polar surface area (TPSA) is 89.5 Å². The van der Waals surface area contributed by atoms with Gasteiger partial charge in [-0.3, -0.25) is 0 Å². The summed E-state index contributed by atoms with van der Waals surface area (Å²) in [6.07, 6.45) is -1.40. The van der Waals surface area contributed by atoms with Gasteiger partial charge in [0.2, 0.25) is 0 Å². The Labute approximate surface area is 157 Å². The number of carbonyl (C=O) groups excluding carboxylic acids is 2. The smallest absolute Gasteiger partial charge is 0.438 e. The molecule has 0 saturated heterocycles. The van der Waals surface area contributed by atoms with Gasteiger partial charge in [0.15, 0.2) is 0 Å². The summed E-state index contributed by atoms with van der Waals surface area (Å²) in [6, 6.07) is 0. The summed E-state index contributed by atoms with van der Waals surface area (Å²) in [5, 5.41) is 0. The van der Waals surface area contributed by atoms with Crippen LogP contribution in [0.2, 0.25) is 0 Å². The van der Waals surface area contributed by atoms with Gasteiger partial charge < -0.3 is 28.4 Å². The van der Waals surface area contributed by atoms with E-state index in [2.05, 4.69) is 9.47 Å². The monoisotopic (exact) mass is 380 g/mol. The molecule has 0 radical (unpaired) electrons. The molecule has 0 N–H and O–H groups in total. The summed E-state index contributed by atoms with van der Waals surface area (Å²) in [7, 11) is 5.70. The van der Waals surface area contributed by atoms with Gasteiger partial charge in [0, 0.05) is 14.2 Å². The van der Waals surface area contributed by atoms with E-state index in [4.69, 9.17) is 18.9 Å². The Morgan fingerprint density at radius 1 is 0.500 bits per heavy atom. The van der Waals surface area contributed by atoms with Gasteiger partial charge in [-0.25, -0.2) is 9.59 Å². The van der Waals surface area contributed by atoms with Crippen LogP contribution in [0, 0.1) is 0 Å². The molecule has 0 aliphatic rings. The SMILES string of the molecule is COC(=O)OC(C)(C)C(C)(C)OC.COC(=O)OC(C)(C)C(C)(C)OC. The molecule has 0 bridgehead atoms. The number of ether oxygens (including phenoxy) is 6. The Morgan fingerprint density at radius 2 is 0.731 bits per heavy atom. The Kier molecular flexibility index (Phi) is 10.2. The first-order valence-corrected chi connectivity index (χ1v) is 8.17. The molecule has 0 heterocycles. The van der Waals surface area contributed by atoms with Crippen molar-refractivity contribution in [3.05, 3.63) is 0 Å². The van der Waals surface area contributed by atoms with Crippen molar-refractivity contribution >= 4 is 12.3 Å². The maximum atomic E-state index is 10.9. The second kappa shape index (κ2) is 9.97. The maximum absolute atomic E-state index is 10.9. The summed E-state index contributed by atoms with van der Waals surface area (Å²) in [4.78, 5) is 21.8. The summed E-state index contributed by atoms with van der Waals surface area (Å²) in [5.41, 5.74) is -2.56. The predicted octanol–water partition coefficient (Wildman–Crippen LogP) is 3.95. The van der Waals surface area contributed by atoms with Gasteiger partial charge in [0.05, 0.1) is 14.2 Å². The molecular formula is C18H36O8. The van der Waals surface area contributed by atoms with E-state index in [0.29, 0.717) is 0 Å². The van der Waals surface area contributed by atoms with Crippen LogP contribution in [0.1, 0.15) is 55.4 Å². The lowest BCUT2D eigenvalue weighted by Gasteiger charge is -2.38. The molecule has 0 aromatic carbocycles. The molecule has 26 heavy (non-hydrogen) atoms. The minimum Gasteiger partial charge on any atom is -0.438 e. The minimum atomic E-state index is -0.727. The number of rotatable bonds is 6. The summed E-state index contributed by atoms with van der Waals surface area (Å²) in [6.45, 7) is 14.5. The van der Waals surface area contributed by atoms with Crippen LogP contribution in [-0.2, 0) is 28.4 Å². The van der Waals surface area contributed by atoms with Crippen molar-refractivity contribution in [3.63, 3.8) is 0 Å². The highest BCUT2D eigenvalue weighted by atomic mass is 16.7. The molecule has 0 spiro atoms. The molecule has 0 rings (SSSR count). The lowest BCUT2D eigenvalue weighted by atomic mass is 9.89. The molecule has 8 nitrogen and oxygen atoms in total. The van der Waals surface area contributed by atoms with Crippen LogP contribution >= 0.6 is 0 Å².